The van der Waals surface area contributed by atoms with E-state index in [1.165, 1.54) is 12.1 Å². The molecule has 4 N–H and O–H groups in total. The van der Waals surface area contributed by atoms with Gasteiger partial charge in [-0.15, -0.1) is 0 Å². The fourth-order valence-corrected chi connectivity index (χ4v) is 2.92. The van der Waals surface area contributed by atoms with Crippen LogP contribution >= 0.6 is 0 Å². The number of nitrogens with two attached hydrogens (primary N) is 1. The van der Waals surface area contributed by atoms with Crippen LogP contribution in [0.4, 0.5) is 0 Å². The molecule has 0 aromatic heterocycles. The minimum Gasteiger partial charge on any atom is -0.493 e. The first-order chi connectivity index (χ1) is 12.4. The molecule has 0 aliphatic carbocycles. The number of methoxy groups -OCH3 is 1. The summed E-state index contributed by atoms with van der Waals surface area (Å²) in [5, 5.41) is 17.2. The van der Waals surface area contributed by atoms with Crippen molar-refractivity contribution < 1.29 is 23.0 Å². The van der Waals surface area contributed by atoms with Gasteiger partial charge in [0.25, 0.3) is 0 Å². The van der Waals surface area contributed by atoms with E-state index in [1.54, 1.807) is 19.2 Å². The summed E-state index contributed by atoms with van der Waals surface area (Å²) in [6, 6.07) is 12.2. The first-order valence-electron chi connectivity index (χ1n) is 8.17. The SMILES string of the molecule is COc1cc(CNCCc2ccc(S(N)(=O)=O)cc2)ccc1OCCO. The highest BCUT2D eigenvalue weighted by molar-refractivity contribution is 7.89. The second-order valence-corrected chi connectivity index (χ2v) is 7.23. The molecule has 2 rings (SSSR count). The minimum absolute atomic E-state index is 0.0509. The van der Waals surface area contributed by atoms with Crippen molar-refractivity contribution in [1.29, 1.82) is 0 Å². The first-order valence-corrected chi connectivity index (χ1v) is 9.71. The summed E-state index contributed by atoms with van der Waals surface area (Å²) in [6.45, 7) is 1.56. The quantitative estimate of drug-likeness (QED) is 0.531. The molecule has 26 heavy (non-hydrogen) atoms. The summed E-state index contributed by atoms with van der Waals surface area (Å²) >= 11 is 0. The highest BCUT2D eigenvalue weighted by Crippen LogP contribution is 2.27. The molecular weight excluding hydrogens is 356 g/mol. The van der Waals surface area contributed by atoms with Gasteiger partial charge in [0.15, 0.2) is 11.5 Å². The predicted octanol–water partition coefficient (Wildman–Crippen LogP) is 1.05. The largest absolute Gasteiger partial charge is 0.493 e. The van der Waals surface area contributed by atoms with Gasteiger partial charge in [-0.2, -0.15) is 0 Å². The Morgan fingerprint density at radius 3 is 2.38 bits per heavy atom. The lowest BCUT2D eigenvalue weighted by molar-refractivity contribution is 0.196. The lowest BCUT2D eigenvalue weighted by Gasteiger charge is -2.12. The number of sulfonamides is 1. The van der Waals surface area contributed by atoms with Gasteiger partial charge in [-0.1, -0.05) is 18.2 Å². The third-order valence-electron chi connectivity index (χ3n) is 3.75. The zero-order valence-corrected chi connectivity index (χ0v) is 15.5. The monoisotopic (exact) mass is 380 g/mol. The molecule has 0 heterocycles. The molecule has 142 valence electrons. The van der Waals surface area contributed by atoms with Gasteiger partial charge in [-0.05, 0) is 48.4 Å². The summed E-state index contributed by atoms with van der Waals surface area (Å²) in [7, 11) is -2.08. The molecule has 7 nitrogen and oxygen atoms in total. The number of aliphatic hydroxyl groups excluding tert-OH is 1. The third-order valence-corrected chi connectivity index (χ3v) is 4.68. The standard InChI is InChI=1S/C18H24N2O5S/c1-24-18-12-15(4-7-17(18)25-11-10-21)13-20-9-8-14-2-5-16(6-3-14)26(19,22)23/h2-7,12,20-21H,8-11,13H2,1H3,(H2,19,22,23). The number of hydrogen-bond acceptors (Lipinski definition) is 6. The minimum atomic E-state index is -3.65. The summed E-state index contributed by atoms with van der Waals surface area (Å²) in [5.41, 5.74) is 2.07. The van der Waals surface area contributed by atoms with Crippen LogP contribution in [0.3, 0.4) is 0 Å². The zero-order chi connectivity index (χ0) is 19.0. The van der Waals surface area contributed by atoms with E-state index >= 15 is 0 Å². The molecular formula is C18H24N2O5S. The van der Waals surface area contributed by atoms with E-state index in [0.29, 0.717) is 18.0 Å². The van der Waals surface area contributed by atoms with Crippen LogP contribution in [-0.2, 0) is 23.0 Å². The lowest BCUT2D eigenvalue weighted by atomic mass is 10.1. The average molecular weight is 380 g/mol. The summed E-state index contributed by atoms with van der Waals surface area (Å²) < 4.78 is 33.2. The highest BCUT2D eigenvalue weighted by atomic mass is 32.2. The van der Waals surface area contributed by atoms with Gasteiger partial charge in [0.05, 0.1) is 18.6 Å². The Balaban J connectivity index is 1.84. The Bertz CT molecular complexity index is 807. The number of aliphatic hydroxyl groups is 1. The zero-order valence-electron chi connectivity index (χ0n) is 14.6. The van der Waals surface area contributed by atoms with Crippen LogP contribution in [0.5, 0.6) is 11.5 Å². The van der Waals surface area contributed by atoms with Crippen LogP contribution in [-0.4, -0.2) is 40.4 Å². The Labute approximate surface area is 153 Å². The molecule has 0 amide bonds. The normalized spacial score (nSPS) is 11.3. The molecule has 0 fully saturated rings. The van der Waals surface area contributed by atoms with E-state index in [4.69, 9.17) is 19.7 Å². The first kappa shape index (κ1) is 20.2. The fourth-order valence-electron chi connectivity index (χ4n) is 2.41. The number of rotatable bonds is 10. The number of benzene rings is 2. The van der Waals surface area contributed by atoms with Gasteiger partial charge in [-0.25, -0.2) is 13.6 Å². The van der Waals surface area contributed by atoms with Crippen molar-refractivity contribution in [3.63, 3.8) is 0 Å². The molecule has 0 atom stereocenters. The second kappa shape index (κ2) is 9.54. The van der Waals surface area contributed by atoms with Gasteiger partial charge in [0, 0.05) is 6.54 Å². The maximum atomic E-state index is 11.2. The van der Waals surface area contributed by atoms with Crippen LogP contribution in [0.1, 0.15) is 11.1 Å². The van der Waals surface area contributed by atoms with Crippen molar-refractivity contribution in [1.82, 2.24) is 5.32 Å². The second-order valence-electron chi connectivity index (χ2n) is 5.67. The molecule has 0 aliphatic rings. The number of ether oxygens (including phenoxy) is 2. The van der Waals surface area contributed by atoms with Gasteiger partial charge in [-0.3, -0.25) is 0 Å². The van der Waals surface area contributed by atoms with Crippen LogP contribution in [0, 0.1) is 0 Å². The van der Waals surface area contributed by atoms with E-state index in [1.807, 2.05) is 18.2 Å². The molecule has 0 saturated carbocycles. The summed E-state index contributed by atoms with van der Waals surface area (Å²) in [6.07, 6.45) is 0.764. The molecule has 0 saturated heterocycles. The Kier molecular flexibility index (Phi) is 7.40. The average Bonchev–Trinajstić information content (AvgIpc) is 2.63. The van der Waals surface area contributed by atoms with Gasteiger partial charge >= 0.3 is 0 Å². The molecule has 0 unspecified atom stereocenters. The number of nitrogens with one attached hydrogen (secondary N) is 1. The van der Waals surface area contributed by atoms with Gasteiger partial charge in [0.2, 0.25) is 10.0 Å². The Hall–Kier alpha value is -2.13. The van der Waals surface area contributed by atoms with E-state index in [0.717, 1.165) is 24.1 Å². The van der Waals surface area contributed by atoms with Crippen molar-refractivity contribution in [2.45, 2.75) is 17.9 Å². The van der Waals surface area contributed by atoms with Crippen LogP contribution in [0.15, 0.2) is 47.4 Å². The van der Waals surface area contributed by atoms with Crippen molar-refractivity contribution in [3.8, 4) is 11.5 Å². The fraction of sp³-hybridized carbons (Fsp3) is 0.333. The van der Waals surface area contributed by atoms with E-state index in [9.17, 15) is 8.42 Å². The van der Waals surface area contributed by atoms with Crippen molar-refractivity contribution >= 4 is 10.0 Å². The molecule has 0 spiro atoms. The Morgan fingerprint density at radius 2 is 1.77 bits per heavy atom. The van der Waals surface area contributed by atoms with E-state index in [-0.39, 0.29) is 18.1 Å². The van der Waals surface area contributed by atoms with Crippen LogP contribution in [0.25, 0.3) is 0 Å². The number of hydrogen-bond donors (Lipinski definition) is 3. The van der Waals surface area contributed by atoms with Crippen LogP contribution in [0.2, 0.25) is 0 Å². The van der Waals surface area contributed by atoms with Crippen molar-refractivity contribution in [2.75, 3.05) is 26.9 Å². The number of primary sulfonamides is 1. The van der Waals surface area contributed by atoms with Crippen LogP contribution < -0.4 is 19.9 Å². The summed E-state index contributed by atoms with van der Waals surface area (Å²) in [4.78, 5) is 0.116. The highest BCUT2D eigenvalue weighted by Gasteiger charge is 2.07. The molecule has 0 bridgehead atoms. The van der Waals surface area contributed by atoms with Gasteiger partial charge < -0.3 is 19.9 Å². The molecule has 0 radical (unpaired) electrons. The topological polar surface area (TPSA) is 111 Å². The molecule has 8 heteroatoms. The van der Waals surface area contributed by atoms with Crippen molar-refractivity contribution in [2.24, 2.45) is 5.14 Å². The maximum Gasteiger partial charge on any atom is 0.238 e. The maximum absolute atomic E-state index is 11.2. The molecule has 0 aliphatic heterocycles. The lowest BCUT2D eigenvalue weighted by Crippen LogP contribution is -2.17. The predicted molar refractivity (Wildman–Crippen MR) is 98.8 cm³/mol. The van der Waals surface area contributed by atoms with Gasteiger partial charge in [0.1, 0.15) is 6.61 Å². The summed E-state index contributed by atoms with van der Waals surface area (Å²) in [5.74, 6) is 1.22. The Morgan fingerprint density at radius 1 is 1.08 bits per heavy atom. The van der Waals surface area contributed by atoms with Crippen molar-refractivity contribution in [3.05, 3.63) is 53.6 Å². The smallest absolute Gasteiger partial charge is 0.238 e. The third kappa shape index (κ3) is 5.99. The molecule has 2 aromatic carbocycles. The molecule has 2 aromatic rings. The van der Waals surface area contributed by atoms with E-state index in [2.05, 4.69) is 5.32 Å². The van der Waals surface area contributed by atoms with E-state index < -0.39 is 10.0 Å².